The van der Waals surface area contributed by atoms with Crippen molar-refractivity contribution in [2.75, 3.05) is 0 Å². The number of aromatic nitrogens is 1. The highest BCUT2D eigenvalue weighted by atomic mass is 16.5. The van der Waals surface area contributed by atoms with Gasteiger partial charge in [-0.3, -0.25) is 9.59 Å². The maximum absolute atomic E-state index is 13.2. The van der Waals surface area contributed by atoms with Crippen molar-refractivity contribution in [2.24, 2.45) is 0 Å². The van der Waals surface area contributed by atoms with Crippen LogP contribution in [0.5, 0.6) is 0 Å². The van der Waals surface area contributed by atoms with Gasteiger partial charge < -0.3 is 9.30 Å². The summed E-state index contributed by atoms with van der Waals surface area (Å²) in [6, 6.07) is 19.9. The normalized spacial score (nSPS) is 11.8. The zero-order chi connectivity index (χ0) is 22.8. The van der Waals surface area contributed by atoms with Gasteiger partial charge in [-0.1, -0.05) is 37.3 Å². The number of aryl methyl sites for hydroxylation is 2. The van der Waals surface area contributed by atoms with Crippen LogP contribution in [0.1, 0.15) is 54.2 Å². The van der Waals surface area contributed by atoms with Crippen LogP contribution >= 0.6 is 0 Å². The first-order valence-electron chi connectivity index (χ1n) is 11.0. The number of nitrogens with zero attached hydrogens (tertiary/aromatic N) is 1. The van der Waals surface area contributed by atoms with Crippen molar-refractivity contribution < 1.29 is 14.3 Å². The Morgan fingerprint density at radius 1 is 0.906 bits per heavy atom. The number of ether oxygens (including phenoxy) is 1. The second kappa shape index (κ2) is 8.83. The molecule has 1 heterocycles. The maximum Gasteiger partial charge on any atom is 0.307 e. The quantitative estimate of drug-likeness (QED) is 0.197. The van der Waals surface area contributed by atoms with Crippen LogP contribution in [0.2, 0.25) is 0 Å². The number of esters is 1. The molecule has 0 radical (unpaired) electrons. The fraction of sp³-hybridized carbons (Fsp3) is 0.214. The van der Waals surface area contributed by atoms with Crippen LogP contribution in [-0.2, 0) is 16.1 Å². The SMILES string of the molecule is CC/C(=C\OC(C)=O)c1ccc2c(c1)c1cc(C(=O)c3ccccc3C)ccc1n2CC. The maximum atomic E-state index is 13.2. The van der Waals surface area contributed by atoms with E-state index in [2.05, 4.69) is 29.7 Å². The van der Waals surface area contributed by atoms with Gasteiger partial charge in [0.2, 0.25) is 0 Å². The van der Waals surface area contributed by atoms with E-state index in [0.29, 0.717) is 5.56 Å². The van der Waals surface area contributed by atoms with Gasteiger partial charge in [-0.25, -0.2) is 0 Å². The minimum atomic E-state index is -0.334. The smallest absolute Gasteiger partial charge is 0.307 e. The van der Waals surface area contributed by atoms with E-state index in [-0.39, 0.29) is 11.8 Å². The number of hydrogen-bond donors (Lipinski definition) is 0. The number of fused-ring (bicyclic) bond motifs is 3. The lowest BCUT2D eigenvalue weighted by molar-refractivity contribution is -0.135. The summed E-state index contributed by atoms with van der Waals surface area (Å²) < 4.78 is 7.40. The van der Waals surface area contributed by atoms with Crippen LogP contribution in [0.3, 0.4) is 0 Å². The molecule has 0 amide bonds. The molecule has 4 heteroatoms. The summed E-state index contributed by atoms with van der Waals surface area (Å²) in [5, 5.41) is 2.13. The van der Waals surface area contributed by atoms with Gasteiger partial charge in [-0.05, 0) is 67.3 Å². The first-order valence-corrected chi connectivity index (χ1v) is 11.0. The van der Waals surface area contributed by atoms with Gasteiger partial charge in [0.15, 0.2) is 5.78 Å². The van der Waals surface area contributed by atoms with E-state index >= 15 is 0 Å². The molecule has 0 saturated carbocycles. The Bertz CT molecular complexity index is 1370. The van der Waals surface area contributed by atoms with Gasteiger partial charge in [0.1, 0.15) is 0 Å². The molecule has 0 bridgehead atoms. The molecular formula is C28H27NO3. The Kier molecular flexibility index (Phi) is 5.95. The molecule has 1 aromatic heterocycles. The van der Waals surface area contributed by atoms with E-state index in [9.17, 15) is 9.59 Å². The van der Waals surface area contributed by atoms with Gasteiger partial charge in [-0.2, -0.15) is 0 Å². The van der Waals surface area contributed by atoms with Crippen molar-refractivity contribution in [3.05, 3.63) is 89.2 Å². The number of ketones is 1. The molecule has 0 aliphatic heterocycles. The molecule has 4 rings (SSSR count). The Morgan fingerprint density at radius 2 is 1.53 bits per heavy atom. The van der Waals surface area contributed by atoms with Crippen molar-refractivity contribution in [3.63, 3.8) is 0 Å². The van der Waals surface area contributed by atoms with E-state index in [1.807, 2.05) is 56.3 Å². The molecule has 0 saturated heterocycles. The fourth-order valence-corrected chi connectivity index (χ4v) is 4.28. The molecule has 0 N–H and O–H groups in total. The number of benzene rings is 3. The fourth-order valence-electron chi connectivity index (χ4n) is 4.28. The molecule has 0 fully saturated rings. The van der Waals surface area contributed by atoms with Gasteiger partial charge in [-0.15, -0.1) is 0 Å². The molecule has 4 aromatic rings. The molecule has 0 unspecified atom stereocenters. The highest BCUT2D eigenvalue weighted by molar-refractivity contribution is 6.15. The molecule has 32 heavy (non-hydrogen) atoms. The highest BCUT2D eigenvalue weighted by Gasteiger charge is 2.16. The van der Waals surface area contributed by atoms with Crippen molar-refractivity contribution in [1.82, 2.24) is 4.57 Å². The summed E-state index contributed by atoms with van der Waals surface area (Å²) in [4.78, 5) is 24.5. The number of carbonyl (C=O) groups excluding carboxylic acids is 2. The van der Waals surface area contributed by atoms with Crippen molar-refractivity contribution in [2.45, 2.75) is 40.7 Å². The lowest BCUT2D eigenvalue weighted by Crippen LogP contribution is -2.03. The van der Waals surface area contributed by atoms with E-state index < -0.39 is 0 Å². The number of rotatable bonds is 6. The van der Waals surface area contributed by atoms with Crippen LogP contribution in [0, 0.1) is 6.92 Å². The number of allylic oxidation sites excluding steroid dienone is 1. The van der Waals surface area contributed by atoms with Gasteiger partial charge >= 0.3 is 5.97 Å². The summed E-state index contributed by atoms with van der Waals surface area (Å²) >= 11 is 0. The highest BCUT2D eigenvalue weighted by Crippen LogP contribution is 2.33. The van der Waals surface area contributed by atoms with E-state index in [1.54, 1.807) is 0 Å². The monoisotopic (exact) mass is 425 g/mol. The zero-order valence-corrected chi connectivity index (χ0v) is 18.9. The molecular weight excluding hydrogens is 398 g/mol. The summed E-state index contributed by atoms with van der Waals surface area (Å²) in [6.07, 6.45) is 2.28. The first kappa shape index (κ1) is 21.6. The third-order valence-electron chi connectivity index (χ3n) is 5.95. The lowest BCUT2D eigenvalue weighted by atomic mass is 9.97. The van der Waals surface area contributed by atoms with E-state index in [4.69, 9.17) is 4.74 Å². The Hall–Kier alpha value is -3.66. The molecule has 162 valence electrons. The third-order valence-corrected chi connectivity index (χ3v) is 5.95. The third kappa shape index (κ3) is 3.84. The van der Waals surface area contributed by atoms with Gasteiger partial charge in [0, 0.05) is 46.4 Å². The van der Waals surface area contributed by atoms with Crippen LogP contribution in [-0.4, -0.2) is 16.3 Å². The molecule has 0 spiro atoms. The van der Waals surface area contributed by atoms with Crippen molar-refractivity contribution in [3.8, 4) is 0 Å². The predicted octanol–water partition coefficient (Wildman–Crippen LogP) is 6.67. The first-order chi connectivity index (χ1) is 15.4. The summed E-state index contributed by atoms with van der Waals surface area (Å²) in [5.74, 6) is -0.304. The van der Waals surface area contributed by atoms with Crippen LogP contribution in [0.15, 0.2) is 66.9 Å². The molecule has 0 aliphatic carbocycles. The van der Waals surface area contributed by atoms with Crippen LogP contribution in [0.4, 0.5) is 0 Å². The number of hydrogen-bond acceptors (Lipinski definition) is 3. The minimum Gasteiger partial charge on any atom is -0.434 e. The summed E-state index contributed by atoms with van der Waals surface area (Å²) in [7, 11) is 0. The van der Waals surface area contributed by atoms with E-state index in [0.717, 1.165) is 57.0 Å². The van der Waals surface area contributed by atoms with Crippen LogP contribution in [0.25, 0.3) is 27.4 Å². The minimum absolute atomic E-state index is 0.0301. The lowest BCUT2D eigenvalue weighted by Gasteiger charge is -2.07. The molecule has 3 aromatic carbocycles. The molecule has 4 nitrogen and oxygen atoms in total. The molecule has 0 aliphatic rings. The Balaban J connectivity index is 1.90. The Labute approximate surface area is 188 Å². The second-order valence-electron chi connectivity index (χ2n) is 7.96. The average Bonchev–Trinajstić information content (AvgIpc) is 3.11. The van der Waals surface area contributed by atoms with Crippen molar-refractivity contribution in [1.29, 1.82) is 0 Å². The Morgan fingerprint density at radius 3 is 2.12 bits per heavy atom. The largest absolute Gasteiger partial charge is 0.434 e. The topological polar surface area (TPSA) is 48.3 Å². The average molecular weight is 426 g/mol. The van der Waals surface area contributed by atoms with Crippen molar-refractivity contribution >= 4 is 39.1 Å². The summed E-state index contributed by atoms with van der Waals surface area (Å²) in [5.41, 5.74) is 6.55. The van der Waals surface area contributed by atoms with Gasteiger partial charge in [0.25, 0.3) is 0 Å². The zero-order valence-electron chi connectivity index (χ0n) is 18.9. The number of carbonyl (C=O) groups is 2. The molecule has 0 atom stereocenters. The van der Waals surface area contributed by atoms with E-state index in [1.165, 1.54) is 13.2 Å². The van der Waals surface area contributed by atoms with Gasteiger partial charge in [0.05, 0.1) is 6.26 Å². The van der Waals surface area contributed by atoms with Crippen LogP contribution < -0.4 is 0 Å². The second-order valence-corrected chi connectivity index (χ2v) is 7.96. The standard InChI is InChI=1S/C28H27NO3/c1-5-20(17-32-19(4)30)21-11-13-26-24(15-21)25-16-22(12-14-27(25)29(26)6-2)28(31)23-10-8-7-9-18(23)3/h7-17H,5-6H2,1-4H3/b20-17+. The summed E-state index contributed by atoms with van der Waals surface area (Å²) in [6.45, 7) is 8.34. The predicted molar refractivity (Wildman–Crippen MR) is 130 cm³/mol.